The Bertz CT molecular complexity index is 1490. The van der Waals surface area contributed by atoms with E-state index in [4.69, 9.17) is 13.9 Å². The summed E-state index contributed by atoms with van der Waals surface area (Å²) in [7, 11) is 0. The topological polar surface area (TPSA) is 93.9 Å². The number of aryl methyl sites for hydroxylation is 2. The molecule has 1 aliphatic rings. The molecule has 0 bridgehead atoms. The van der Waals surface area contributed by atoms with Crippen molar-refractivity contribution in [3.8, 4) is 5.75 Å². The molecule has 39 heavy (non-hydrogen) atoms. The van der Waals surface area contributed by atoms with Crippen LogP contribution >= 0.6 is 0 Å². The second-order valence-electron chi connectivity index (χ2n) is 9.79. The number of hydrogen-bond donors (Lipinski definition) is 1. The summed E-state index contributed by atoms with van der Waals surface area (Å²) < 4.78 is 16.9. The number of benzene rings is 3. The lowest BCUT2D eigenvalue weighted by Gasteiger charge is -2.30. The average Bonchev–Trinajstić information content (AvgIpc) is 3.34. The molecule has 4 aromatic rings. The van der Waals surface area contributed by atoms with Crippen LogP contribution < -0.4 is 15.0 Å². The van der Waals surface area contributed by atoms with E-state index < -0.39 is 0 Å². The van der Waals surface area contributed by atoms with E-state index in [1.54, 1.807) is 11.8 Å². The average molecular weight is 528 g/mol. The van der Waals surface area contributed by atoms with Gasteiger partial charge in [0.15, 0.2) is 5.58 Å². The SMILES string of the molecule is CCOC(=O)C[C@@H](C)c1ccc2c(c1)OCCN2C(=O)CCc1ccc2nc(Nc3ccccc3C)oc2c1. The van der Waals surface area contributed by atoms with Crippen LogP contribution in [0.2, 0.25) is 0 Å². The van der Waals surface area contributed by atoms with Gasteiger partial charge in [-0.1, -0.05) is 37.3 Å². The van der Waals surface area contributed by atoms with Gasteiger partial charge in [0, 0.05) is 12.1 Å². The maximum absolute atomic E-state index is 13.2. The molecule has 0 radical (unpaired) electrons. The van der Waals surface area contributed by atoms with Crippen LogP contribution in [0, 0.1) is 6.92 Å². The van der Waals surface area contributed by atoms with E-state index in [2.05, 4.69) is 10.3 Å². The molecule has 0 aliphatic carbocycles. The van der Waals surface area contributed by atoms with E-state index in [1.807, 2.05) is 74.5 Å². The number of amides is 1. The predicted molar refractivity (Wildman–Crippen MR) is 151 cm³/mol. The summed E-state index contributed by atoms with van der Waals surface area (Å²) in [5.41, 5.74) is 6.23. The van der Waals surface area contributed by atoms with E-state index in [9.17, 15) is 9.59 Å². The molecule has 2 heterocycles. The molecule has 5 rings (SSSR count). The first kappa shape index (κ1) is 26.3. The summed E-state index contributed by atoms with van der Waals surface area (Å²) in [6.07, 6.45) is 1.24. The van der Waals surface area contributed by atoms with E-state index in [0.717, 1.165) is 33.6 Å². The number of para-hydroxylation sites is 1. The summed E-state index contributed by atoms with van der Waals surface area (Å²) in [4.78, 5) is 31.4. The van der Waals surface area contributed by atoms with Crippen LogP contribution in [0.1, 0.15) is 49.3 Å². The molecular formula is C31H33N3O5. The van der Waals surface area contributed by atoms with Crippen molar-refractivity contribution in [1.82, 2.24) is 4.98 Å². The highest BCUT2D eigenvalue weighted by Crippen LogP contribution is 2.36. The predicted octanol–water partition coefficient (Wildman–Crippen LogP) is 6.29. The van der Waals surface area contributed by atoms with Crippen molar-refractivity contribution >= 4 is 40.4 Å². The van der Waals surface area contributed by atoms with Crippen LogP contribution in [0.4, 0.5) is 17.4 Å². The number of fused-ring (bicyclic) bond motifs is 2. The minimum Gasteiger partial charge on any atom is -0.490 e. The van der Waals surface area contributed by atoms with Gasteiger partial charge in [0.2, 0.25) is 5.91 Å². The second-order valence-corrected chi connectivity index (χ2v) is 9.79. The van der Waals surface area contributed by atoms with Crippen molar-refractivity contribution < 1.29 is 23.5 Å². The monoisotopic (exact) mass is 527 g/mol. The van der Waals surface area contributed by atoms with Gasteiger partial charge < -0.3 is 24.1 Å². The Morgan fingerprint density at radius 2 is 1.97 bits per heavy atom. The number of carbonyl (C=O) groups excluding carboxylic acids is 2. The quantitative estimate of drug-likeness (QED) is 0.256. The molecule has 202 valence electrons. The highest BCUT2D eigenvalue weighted by atomic mass is 16.5. The van der Waals surface area contributed by atoms with Gasteiger partial charge in [0.25, 0.3) is 6.01 Å². The number of anilines is 3. The third-order valence-corrected chi connectivity index (χ3v) is 6.96. The molecule has 0 unspecified atom stereocenters. The van der Waals surface area contributed by atoms with E-state index in [-0.39, 0.29) is 17.8 Å². The van der Waals surface area contributed by atoms with Crippen molar-refractivity contribution in [3.63, 3.8) is 0 Å². The van der Waals surface area contributed by atoms with Crippen LogP contribution in [-0.4, -0.2) is 36.6 Å². The molecule has 3 aromatic carbocycles. The Morgan fingerprint density at radius 3 is 2.79 bits per heavy atom. The van der Waals surface area contributed by atoms with Crippen LogP contribution in [0.15, 0.2) is 65.1 Å². The summed E-state index contributed by atoms with van der Waals surface area (Å²) in [5, 5.41) is 3.24. The highest BCUT2D eigenvalue weighted by molar-refractivity contribution is 5.95. The Morgan fingerprint density at radius 1 is 1.13 bits per heavy atom. The smallest absolute Gasteiger partial charge is 0.306 e. The number of hydrogen-bond acceptors (Lipinski definition) is 7. The number of ether oxygens (including phenoxy) is 2. The highest BCUT2D eigenvalue weighted by Gasteiger charge is 2.25. The first-order valence-corrected chi connectivity index (χ1v) is 13.4. The molecule has 1 N–H and O–H groups in total. The molecular weight excluding hydrogens is 494 g/mol. The fraction of sp³-hybridized carbons (Fsp3) is 0.323. The van der Waals surface area contributed by atoms with Gasteiger partial charge in [0.1, 0.15) is 17.9 Å². The normalized spacial score (nSPS) is 13.5. The fourth-order valence-corrected chi connectivity index (χ4v) is 4.78. The van der Waals surface area contributed by atoms with Gasteiger partial charge in [-0.15, -0.1) is 0 Å². The Labute approximate surface area is 227 Å². The van der Waals surface area contributed by atoms with Gasteiger partial charge >= 0.3 is 5.97 Å². The van der Waals surface area contributed by atoms with Gasteiger partial charge in [-0.3, -0.25) is 9.59 Å². The maximum atomic E-state index is 13.2. The number of aromatic nitrogens is 1. The lowest BCUT2D eigenvalue weighted by Crippen LogP contribution is -2.38. The minimum absolute atomic E-state index is 0.0116. The molecule has 0 fully saturated rings. The summed E-state index contributed by atoms with van der Waals surface area (Å²) in [6, 6.07) is 20.0. The number of rotatable bonds is 9. The van der Waals surface area contributed by atoms with Crippen molar-refractivity contribution in [1.29, 1.82) is 0 Å². The number of carbonyl (C=O) groups is 2. The number of esters is 1. The first-order valence-electron chi connectivity index (χ1n) is 13.4. The van der Waals surface area contributed by atoms with Crippen LogP contribution in [-0.2, 0) is 20.7 Å². The van der Waals surface area contributed by atoms with Crippen molar-refractivity contribution in [2.24, 2.45) is 0 Å². The molecule has 8 nitrogen and oxygen atoms in total. The van der Waals surface area contributed by atoms with Crippen molar-refractivity contribution in [2.45, 2.75) is 46.0 Å². The minimum atomic E-state index is -0.220. The number of nitrogens with one attached hydrogen (secondary N) is 1. The molecule has 0 saturated carbocycles. The van der Waals surface area contributed by atoms with Gasteiger partial charge in [0.05, 0.1) is 25.3 Å². The third kappa shape index (κ3) is 6.06. The number of oxazole rings is 1. The van der Waals surface area contributed by atoms with Crippen molar-refractivity contribution in [2.75, 3.05) is 30.0 Å². The zero-order valence-corrected chi connectivity index (χ0v) is 22.5. The Hall–Kier alpha value is -4.33. The Kier molecular flexibility index (Phi) is 7.81. The molecule has 0 spiro atoms. The zero-order valence-electron chi connectivity index (χ0n) is 22.5. The van der Waals surface area contributed by atoms with Gasteiger partial charge in [-0.05, 0) is 73.2 Å². The lowest BCUT2D eigenvalue weighted by atomic mass is 9.96. The molecule has 1 amide bonds. The van der Waals surface area contributed by atoms with Gasteiger partial charge in [-0.25, -0.2) is 0 Å². The van der Waals surface area contributed by atoms with Crippen LogP contribution in [0.5, 0.6) is 5.75 Å². The van der Waals surface area contributed by atoms with Gasteiger partial charge in [-0.2, -0.15) is 4.98 Å². The number of nitrogens with zero attached hydrogens (tertiary/aromatic N) is 2. The standard InChI is InChI=1S/C31H33N3O5/c1-4-37-30(36)17-21(3)23-11-13-26-28(19-23)38-16-15-34(26)29(35)14-10-22-9-12-25-27(18-22)39-31(33-25)32-24-8-6-5-7-20(24)2/h5-9,11-13,18-19,21H,4,10,14-17H2,1-3H3,(H,32,33)/t21-/m1/s1. The maximum Gasteiger partial charge on any atom is 0.306 e. The molecule has 0 saturated heterocycles. The summed E-state index contributed by atoms with van der Waals surface area (Å²) in [6.45, 7) is 7.10. The largest absolute Gasteiger partial charge is 0.490 e. The van der Waals surface area contributed by atoms with Crippen LogP contribution in [0.25, 0.3) is 11.1 Å². The van der Waals surface area contributed by atoms with E-state index in [1.165, 1.54) is 0 Å². The second kappa shape index (κ2) is 11.6. The van der Waals surface area contributed by atoms with E-state index in [0.29, 0.717) is 56.4 Å². The first-order chi connectivity index (χ1) is 18.9. The Balaban J connectivity index is 1.23. The van der Waals surface area contributed by atoms with E-state index >= 15 is 0 Å². The van der Waals surface area contributed by atoms with Crippen LogP contribution in [0.3, 0.4) is 0 Å². The summed E-state index contributed by atoms with van der Waals surface area (Å²) in [5.74, 6) is 0.469. The third-order valence-electron chi connectivity index (χ3n) is 6.96. The fourth-order valence-electron chi connectivity index (χ4n) is 4.78. The zero-order chi connectivity index (χ0) is 27.4. The lowest BCUT2D eigenvalue weighted by molar-refractivity contribution is -0.143. The summed E-state index contributed by atoms with van der Waals surface area (Å²) >= 11 is 0. The molecule has 1 aliphatic heterocycles. The molecule has 1 aromatic heterocycles. The molecule has 8 heteroatoms. The van der Waals surface area contributed by atoms with Crippen molar-refractivity contribution in [3.05, 3.63) is 77.4 Å². The molecule has 1 atom stereocenters.